The zero-order valence-corrected chi connectivity index (χ0v) is 14.7. The zero-order chi connectivity index (χ0) is 17.0. The highest BCUT2D eigenvalue weighted by Crippen LogP contribution is 2.24. The molecule has 2 rings (SSSR count). The molecule has 0 aliphatic rings. The van der Waals surface area contributed by atoms with E-state index < -0.39 is 0 Å². The Kier molecular flexibility index (Phi) is 5.74. The monoisotopic (exact) mass is 351 g/mol. The Balaban J connectivity index is 2.18. The van der Waals surface area contributed by atoms with Gasteiger partial charge in [0.25, 0.3) is 11.8 Å². The number of thiazole rings is 1. The molecule has 2 amide bonds. The van der Waals surface area contributed by atoms with E-state index in [0.717, 1.165) is 11.4 Å². The van der Waals surface area contributed by atoms with Gasteiger partial charge in [0.2, 0.25) is 0 Å². The molecule has 0 unspecified atom stereocenters. The normalized spacial score (nSPS) is 10.7. The molecule has 7 heteroatoms. The Bertz CT molecular complexity index is 728. The molecular formula is C16H18ClN3O2S. The molecule has 0 saturated heterocycles. The summed E-state index contributed by atoms with van der Waals surface area (Å²) in [7, 11) is 0. The summed E-state index contributed by atoms with van der Waals surface area (Å²) in [6.07, 6.45) is 2.33. The molecule has 1 aromatic heterocycles. The SMILES string of the molecule is CCc1ncc(C(=O)Nc2cc(C(=O)NC(C)C)ccc2Cl)s1. The minimum Gasteiger partial charge on any atom is -0.350 e. The lowest BCUT2D eigenvalue weighted by molar-refractivity contribution is 0.0942. The second-order valence-electron chi connectivity index (χ2n) is 5.25. The van der Waals surface area contributed by atoms with Crippen molar-refractivity contribution in [2.75, 3.05) is 5.32 Å². The van der Waals surface area contributed by atoms with Gasteiger partial charge in [0, 0.05) is 11.6 Å². The van der Waals surface area contributed by atoms with Crippen molar-refractivity contribution >= 4 is 40.4 Å². The topological polar surface area (TPSA) is 71.1 Å². The maximum atomic E-state index is 12.3. The van der Waals surface area contributed by atoms with Crippen LogP contribution in [0.3, 0.4) is 0 Å². The molecular weight excluding hydrogens is 334 g/mol. The first-order valence-electron chi connectivity index (χ1n) is 7.27. The summed E-state index contributed by atoms with van der Waals surface area (Å²) in [5, 5.41) is 6.80. The first-order chi connectivity index (χ1) is 10.9. The Morgan fingerprint density at radius 2 is 2.04 bits per heavy atom. The van der Waals surface area contributed by atoms with Crippen molar-refractivity contribution < 1.29 is 9.59 Å². The Labute approximate surface area is 144 Å². The van der Waals surface area contributed by atoms with Crippen molar-refractivity contribution in [2.45, 2.75) is 33.2 Å². The van der Waals surface area contributed by atoms with E-state index >= 15 is 0 Å². The van der Waals surface area contributed by atoms with Crippen LogP contribution in [0.25, 0.3) is 0 Å². The first kappa shape index (κ1) is 17.4. The van der Waals surface area contributed by atoms with Crippen molar-refractivity contribution in [1.29, 1.82) is 0 Å². The van der Waals surface area contributed by atoms with Crippen molar-refractivity contribution in [3.05, 3.63) is 44.9 Å². The van der Waals surface area contributed by atoms with Gasteiger partial charge in [-0.05, 0) is 38.5 Å². The lowest BCUT2D eigenvalue weighted by Gasteiger charge is -2.11. The average molecular weight is 352 g/mol. The fourth-order valence-electron chi connectivity index (χ4n) is 1.87. The van der Waals surface area contributed by atoms with E-state index in [4.69, 9.17) is 11.6 Å². The maximum absolute atomic E-state index is 12.3. The van der Waals surface area contributed by atoms with Gasteiger partial charge in [-0.3, -0.25) is 9.59 Å². The molecule has 0 bridgehead atoms. The molecule has 0 saturated carbocycles. The van der Waals surface area contributed by atoms with Gasteiger partial charge in [-0.15, -0.1) is 11.3 Å². The van der Waals surface area contributed by atoms with Crippen LogP contribution in [0.15, 0.2) is 24.4 Å². The number of halogens is 1. The largest absolute Gasteiger partial charge is 0.350 e. The minimum atomic E-state index is -0.287. The van der Waals surface area contributed by atoms with Crippen LogP contribution in [-0.4, -0.2) is 22.8 Å². The number of carbonyl (C=O) groups excluding carboxylic acids is 2. The summed E-state index contributed by atoms with van der Waals surface area (Å²) >= 11 is 7.45. The lowest BCUT2D eigenvalue weighted by Crippen LogP contribution is -2.30. The van der Waals surface area contributed by atoms with Crippen LogP contribution in [-0.2, 0) is 6.42 Å². The number of aromatic nitrogens is 1. The fourth-order valence-corrected chi connectivity index (χ4v) is 2.79. The molecule has 122 valence electrons. The highest BCUT2D eigenvalue weighted by Gasteiger charge is 2.14. The Morgan fingerprint density at radius 1 is 1.30 bits per heavy atom. The molecule has 0 fully saturated rings. The number of aryl methyl sites for hydroxylation is 1. The van der Waals surface area contributed by atoms with E-state index in [9.17, 15) is 9.59 Å². The number of amides is 2. The predicted octanol–water partition coefficient (Wildman–Crippen LogP) is 3.75. The van der Waals surface area contributed by atoms with E-state index in [1.807, 2.05) is 20.8 Å². The summed E-state index contributed by atoms with van der Waals surface area (Å²) in [5.74, 6) is -0.497. The van der Waals surface area contributed by atoms with E-state index in [-0.39, 0.29) is 17.9 Å². The lowest BCUT2D eigenvalue weighted by atomic mass is 10.1. The summed E-state index contributed by atoms with van der Waals surface area (Å²) in [6, 6.07) is 4.81. The smallest absolute Gasteiger partial charge is 0.267 e. The number of rotatable bonds is 5. The number of carbonyl (C=O) groups is 2. The molecule has 0 atom stereocenters. The van der Waals surface area contributed by atoms with Crippen molar-refractivity contribution in [3.8, 4) is 0 Å². The highest BCUT2D eigenvalue weighted by atomic mass is 35.5. The van der Waals surface area contributed by atoms with E-state index in [1.54, 1.807) is 24.4 Å². The third-order valence-corrected chi connectivity index (χ3v) is 4.45. The van der Waals surface area contributed by atoms with Gasteiger partial charge in [-0.2, -0.15) is 0 Å². The third kappa shape index (κ3) is 4.53. The molecule has 2 N–H and O–H groups in total. The molecule has 23 heavy (non-hydrogen) atoms. The molecule has 1 heterocycles. The number of hydrogen-bond donors (Lipinski definition) is 2. The molecule has 0 aliphatic heterocycles. The van der Waals surface area contributed by atoms with E-state index in [1.165, 1.54) is 11.3 Å². The number of benzene rings is 1. The van der Waals surface area contributed by atoms with Crippen LogP contribution >= 0.6 is 22.9 Å². The number of hydrogen-bond acceptors (Lipinski definition) is 4. The van der Waals surface area contributed by atoms with Crippen molar-refractivity contribution in [1.82, 2.24) is 10.3 Å². The molecule has 0 spiro atoms. The van der Waals surface area contributed by atoms with Crippen LogP contribution in [0, 0.1) is 0 Å². The zero-order valence-electron chi connectivity index (χ0n) is 13.1. The van der Waals surface area contributed by atoms with E-state index in [2.05, 4.69) is 15.6 Å². The van der Waals surface area contributed by atoms with Gasteiger partial charge < -0.3 is 10.6 Å². The predicted molar refractivity (Wildman–Crippen MR) is 93.5 cm³/mol. The van der Waals surface area contributed by atoms with Crippen LogP contribution in [0.4, 0.5) is 5.69 Å². The number of nitrogens with one attached hydrogen (secondary N) is 2. The summed E-state index contributed by atoms with van der Waals surface area (Å²) in [5.41, 5.74) is 0.844. The van der Waals surface area contributed by atoms with Crippen LogP contribution in [0.1, 0.15) is 45.8 Å². The standard InChI is InChI=1S/C16H18ClN3O2S/c1-4-14-18-8-13(23-14)16(22)20-12-7-10(5-6-11(12)17)15(21)19-9(2)3/h5-9H,4H2,1-3H3,(H,19,21)(H,20,22). The average Bonchev–Trinajstić information content (AvgIpc) is 2.97. The van der Waals surface area contributed by atoms with Gasteiger partial charge in [-0.1, -0.05) is 18.5 Å². The number of anilines is 1. The van der Waals surface area contributed by atoms with Crippen molar-refractivity contribution in [2.24, 2.45) is 0 Å². The Hall–Kier alpha value is -1.92. The van der Waals surface area contributed by atoms with Gasteiger partial charge >= 0.3 is 0 Å². The van der Waals surface area contributed by atoms with Crippen molar-refractivity contribution in [3.63, 3.8) is 0 Å². The first-order valence-corrected chi connectivity index (χ1v) is 8.46. The Morgan fingerprint density at radius 3 is 2.65 bits per heavy atom. The van der Waals surface area contributed by atoms with E-state index in [0.29, 0.717) is 21.2 Å². The molecule has 0 aliphatic carbocycles. The second kappa shape index (κ2) is 7.57. The minimum absolute atomic E-state index is 0.0286. The second-order valence-corrected chi connectivity index (χ2v) is 6.77. The molecule has 1 aromatic carbocycles. The van der Waals surface area contributed by atoms with Crippen LogP contribution in [0.5, 0.6) is 0 Å². The quantitative estimate of drug-likeness (QED) is 0.861. The molecule has 0 radical (unpaired) electrons. The summed E-state index contributed by atoms with van der Waals surface area (Å²) < 4.78 is 0. The highest BCUT2D eigenvalue weighted by molar-refractivity contribution is 7.13. The number of nitrogens with zero attached hydrogens (tertiary/aromatic N) is 1. The third-order valence-electron chi connectivity index (χ3n) is 2.98. The molecule has 5 nitrogen and oxygen atoms in total. The summed E-state index contributed by atoms with van der Waals surface area (Å²) in [6.45, 7) is 5.74. The molecule has 2 aromatic rings. The van der Waals surface area contributed by atoms with Gasteiger partial charge in [-0.25, -0.2) is 4.98 Å². The van der Waals surface area contributed by atoms with Gasteiger partial charge in [0.1, 0.15) is 4.88 Å². The van der Waals surface area contributed by atoms with Crippen LogP contribution < -0.4 is 10.6 Å². The fraction of sp³-hybridized carbons (Fsp3) is 0.312. The summed E-state index contributed by atoms with van der Waals surface area (Å²) in [4.78, 5) is 29.0. The van der Waals surface area contributed by atoms with Gasteiger partial charge in [0.15, 0.2) is 0 Å². The van der Waals surface area contributed by atoms with Gasteiger partial charge in [0.05, 0.1) is 21.9 Å². The maximum Gasteiger partial charge on any atom is 0.267 e. The van der Waals surface area contributed by atoms with Crippen LogP contribution in [0.2, 0.25) is 5.02 Å².